The molecule has 0 aliphatic heterocycles. The van der Waals surface area contributed by atoms with Crippen molar-refractivity contribution < 1.29 is 13.9 Å². The number of methoxy groups -OCH3 is 1. The van der Waals surface area contributed by atoms with Gasteiger partial charge in [0, 0.05) is 6.04 Å². The average molecular weight is 239 g/mol. The average Bonchev–Trinajstić information content (AvgIpc) is 2.28. The maximum Gasteiger partial charge on any atom is 0.325 e. The van der Waals surface area contributed by atoms with E-state index in [-0.39, 0.29) is 17.8 Å². The minimum Gasteiger partial charge on any atom is -0.468 e. The van der Waals surface area contributed by atoms with Gasteiger partial charge in [-0.2, -0.15) is 0 Å². The summed E-state index contributed by atoms with van der Waals surface area (Å²) in [4.78, 5) is 11.5. The van der Waals surface area contributed by atoms with Crippen LogP contribution in [0.4, 0.5) is 4.39 Å². The van der Waals surface area contributed by atoms with Crippen LogP contribution >= 0.6 is 0 Å². The number of halogens is 1. The van der Waals surface area contributed by atoms with E-state index in [2.05, 4.69) is 5.32 Å². The predicted molar refractivity (Wildman–Crippen MR) is 64.0 cm³/mol. The second kappa shape index (κ2) is 5.27. The van der Waals surface area contributed by atoms with Crippen molar-refractivity contribution in [3.63, 3.8) is 0 Å². The molecule has 1 atom stereocenters. The zero-order valence-corrected chi connectivity index (χ0v) is 10.6. The maximum absolute atomic E-state index is 12.8. The Morgan fingerprint density at radius 2 is 1.88 bits per heavy atom. The van der Waals surface area contributed by atoms with E-state index in [9.17, 15) is 9.18 Å². The molecule has 0 saturated heterocycles. The molecule has 0 aliphatic rings. The third-order valence-corrected chi connectivity index (χ3v) is 2.64. The van der Waals surface area contributed by atoms with Crippen LogP contribution in [0.1, 0.15) is 32.4 Å². The second-order valence-corrected chi connectivity index (χ2v) is 4.53. The van der Waals surface area contributed by atoms with E-state index in [4.69, 9.17) is 4.74 Å². The number of nitrogens with one attached hydrogen (secondary N) is 1. The molecular weight excluding hydrogens is 221 g/mol. The largest absolute Gasteiger partial charge is 0.468 e. The summed E-state index contributed by atoms with van der Waals surface area (Å²) in [5.41, 5.74) is 0.145. The monoisotopic (exact) mass is 239 g/mol. The molecule has 1 unspecified atom stereocenters. The molecule has 0 aliphatic carbocycles. The van der Waals surface area contributed by atoms with Crippen LogP contribution in [0.2, 0.25) is 0 Å². The molecule has 1 aromatic carbocycles. The Morgan fingerprint density at radius 3 is 2.35 bits per heavy atom. The highest BCUT2D eigenvalue weighted by molar-refractivity contribution is 5.79. The summed E-state index contributed by atoms with van der Waals surface area (Å²) in [6.07, 6.45) is 0. The van der Waals surface area contributed by atoms with Crippen molar-refractivity contribution in [1.29, 1.82) is 0 Å². The number of benzene rings is 1. The molecule has 17 heavy (non-hydrogen) atoms. The fourth-order valence-corrected chi connectivity index (χ4v) is 1.69. The van der Waals surface area contributed by atoms with Crippen LogP contribution in [-0.4, -0.2) is 18.6 Å². The first-order valence-corrected chi connectivity index (χ1v) is 5.48. The molecule has 1 rings (SSSR count). The van der Waals surface area contributed by atoms with Gasteiger partial charge in [0.15, 0.2) is 0 Å². The Kier molecular flexibility index (Phi) is 4.23. The quantitative estimate of drug-likeness (QED) is 0.820. The molecule has 0 spiro atoms. The van der Waals surface area contributed by atoms with Gasteiger partial charge >= 0.3 is 5.97 Å². The Bertz CT molecular complexity index is 387. The first-order valence-electron chi connectivity index (χ1n) is 5.48. The molecule has 1 aromatic rings. The van der Waals surface area contributed by atoms with Crippen molar-refractivity contribution in [2.75, 3.05) is 7.11 Å². The summed E-state index contributed by atoms with van der Waals surface area (Å²) in [6.45, 7) is 5.41. The number of rotatable bonds is 4. The van der Waals surface area contributed by atoms with E-state index in [1.807, 2.05) is 6.92 Å². The minimum atomic E-state index is -0.775. The molecule has 0 bridgehead atoms. The third kappa shape index (κ3) is 3.53. The lowest BCUT2D eigenvalue weighted by atomic mass is 10.0. The number of esters is 1. The summed E-state index contributed by atoms with van der Waals surface area (Å²) >= 11 is 0. The van der Waals surface area contributed by atoms with Gasteiger partial charge in [0.25, 0.3) is 0 Å². The van der Waals surface area contributed by atoms with Crippen molar-refractivity contribution >= 4 is 5.97 Å². The first-order chi connectivity index (χ1) is 7.86. The third-order valence-electron chi connectivity index (χ3n) is 2.64. The fraction of sp³-hybridized carbons (Fsp3) is 0.462. The highest BCUT2D eigenvalue weighted by Crippen LogP contribution is 2.17. The van der Waals surface area contributed by atoms with E-state index < -0.39 is 5.54 Å². The number of hydrogen-bond donors (Lipinski definition) is 1. The lowest BCUT2D eigenvalue weighted by molar-refractivity contribution is -0.147. The Labute approximate surface area is 101 Å². The maximum atomic E-state index is 12.8. The van der Waals surface area contributed by atoms with Gasteiger partial charge in [-0.25, -0.2) is 4.39 Å². The lowest BCUT2D eigenvalue weighted by Crippen LogP contribution is -2.48. The molecule has 0 amide bonds. The van der Waals surface area contributed by atoms with E-state index in [0.717, 1.165) is 5.56 Å². The smallest absolute Gasteiger partial charge is 0.325 e. The van der Waals surface area contributed by atoms with Gasteiger partial charge in [0.1, 0.15) is 11.4 Å². The Morgan fingerprint density at radius 1 is 1.35 bits per heavy atom. The molecular formula is C13H18FNO2. The zero-order chi connectivity index (χ0) is 13.1. The highest BCUT2D eigenvalue weighted by Gasteiger charge is 2.30. The van der Waals surface area contributed by atoms with Crippen LogP contribution in [-0.2, 0) is 9.53 Å². The number of carbonyl (C=O) groups is 1. The van der Waals surface area contributed by atoms with Crippen molar-refractivity contribution in [1.82, 2.24) is 5.32 Å². The van der Waals surface area contributed by atoms with E-state index >= 15 is 0 Å². The highest BCUT2D eigenvalue weighted by atomic mass is 19.1. The number of hydrogen-bond acceptors (Lipinski definition) is 3. The van der Waals surface area contributed by atoms with E-state index in [0.29, 0.717) is 0 Å². The normalized spacial score (nSPS) is 13.2. The van der Waals surface area contributed by atoms with Crippen LogP contribution in [0, 0.1) is 5.82 Å². The van der Waals surface area contributed by atoms with Crippen LogP contribution < -0.4 is 5.32 Å². The van der Waals surface area contributed by atoms with Crippen LogP contribution in [0.3, 0.4) is 0 Å². The SMILES string of the molecule is COC(=O)C(C)(C)NC(C)c1ccc(F)cc1. The molecule has 0 radical (unpaired) electrons. The van der Waals surface area contributed by atoms with E-state index in [1.54, 1.807) is 26.0 Å². The lowest BCUT2D eigenvalue weighted by Gasteiger charge is -2.27. The van der Waals surface area contributed by atoms with Gasteiger partial charge < -0.3 is 4.74 Å². The van der Waals surface area contributed by atoms with Gasteiger partial charge in [-0.05, 0) is 38.5 Å². The fourth-order valence-electron chi connectivity index (χ4n) is 1.69. The topological polar surface area (TPSA) is 38.3 Å². The zero-order valence-electron chi connectivity index (χ0n) is 10.6. The van der Waals surface area contributed by atoms with Crippen molar-refractivity contribution in [2.24, 2.45) is 0 Å². The van der Waals surface area contributed by atoms with Crippen LogP contribution in [0.15, 0.2) is 24.3 Å². The van der Waals surface area contributed by atoms with Gasteiger partial charge in [-0.3, -0.25) is 10.1 Å². The molecule has 0 aromatic heterocycles. The first kappa shape index (κ1) is 13.6. The van der Waals surface area contributed by atoms with Crippen LogP contribution in [0.25, 0.3) is 0 Å². The number of ether oxygens (including phenoxy) is 1. The molecule has 0 fully saturated rings. The summed E-state index contributed by atoms with van der Waals surface area (Å²) in [5, 5.41) is 3.15. The van der Waals surface area contributed by atoms with Gasteiger partial charge in [-0.1, -0.05) is 12.1 Å². The van der Waals surface area contributed by atoms with Crippen molar-refractivity contribution in [2.45, 2.75) is 32.4 Å². The van der Waals surface area contributed by atoms with Crippen molar-refractivity contribution in [3.05, 3.63) is 35.6 Å². The summed E-state index contributed by atoms with van der Waals surface area (Å²) in [5.74, 6) is -0.598. The van der Waals surface area contributed by atoms with Gasteiger partial charge in [0.05, 0.1) is 7.11 Å². The molecule has 94 valence electrons. The Hall–Kier alpha value is -1.42. The molecule has 0 saturated carbocycles. The van der Waals surface area contributed by atoms with Crippen LogP contribution in [0.5, 0.6) is 0 Å². The molecule has 0 heterocycles. The van der Waals surface area contributed by atoms with Gasteiger partial charge in [0.2, 0.25) is 0 Å². The summed E-state index contributed by atoms with van der Waals surface area (Å²) in [6, 6.07) is 6.13. The second-order valence-electron chi connectivity index (χ2n) is 4.53. The minimum absolute atomic E-state index is 0.0651. The summed E-state index contributed by atoms with van der Waals surface area (Å²) in [7, 11) is 1.36. The molecule has 3 nitrogen and oxygen atoms in total. The standard InChI is InChI=1S/C13H18FNO2/c1-9(10-5-7-11(14)8-6-10)15-13(2,3)12(16)17-4/h5-9,15H,1-4H3. The van der Waals surface area contributed by atoms with E-state index in [1.165, 1.54) is 19.2 Å². The Balaban J connectivity index is 2.75. The predicted octanol–water partition coefficient (Wildman–Crippen LogP) is 2.43. The van der Waals surface area contributed by atoms with Gasteiger partial charge in [-0.15, -0.1) is 0 Å². The number of carbonyl (C=O) groups excluding carboxylic acids is 1. The molecule has 4 heteroatoms. The summed E-state index contributed by atoms with van der Waals surface area (Å²) < 4.78 is 17.5. The molecule has 1 N–H and O–H groups in total. The van der Waals surface area contributed by atoms with Crippen molar-refractivity contribution in [3.8, 4) is 0 Å².